The Morgan fingerprint density at radius 2 is 1.97 bits per heavy atom. The van der Waals surface area contributed by atoms with Gasteiger partial charge in [-0.25, -0.2) is 12.7 Å². The highest BCUT2D eigenvalue weighted by molar-refractivity contribution is 8.01. The van der Waals surface area contributed by atoms with Crippen LogP contribution in [0.4, 0.5) is 0 Å². The highest BCUT2D eigenvalue weighted by atomic mass is 32.2. The molecule has 2 saturated carbocycles. The van der Waals surface area contributed by atoms with E-state index in [2.05, 4.69) is 24.5 Å². The van der Waals surface area contributed by atoms with Crippen LogP contribution in [0.5, 0.6) is 0 Å². The highest BCUT2D eigenvalue weighted by Gasteiger charge is 2.65. The van der Waals surface area contributed by atoms with E-state index < -0.39 is 15.4 Å². The number of hydrogen-bond acceptors (Lipinski definition) is 6. The number of carbonyl (C=O) groups excluding carboxylic acids is 2. The molecule has 2 bridgehead atoms. The summed E-state index contributed by atoms with van der Waals surface area (Å²) in [6.45, 7) is 9.10. The summed E-state index contributed by atoms with van der Waals surface area (Å²) in [5.41, 5.74) is -0.960. The van der Waals surface area contributed by atoms with E-state index in [1.807, 2.05) is 13.8 Å². The standard InChI is InChI=1S/C22H37N3O4S2/c1-5-15(2)23-19(27)17-13-30-22(24-17)8-10-25(11-9-22)31(28,29)14-21-7-6-16(12-18(21)26)20(21,3)4/h15-17,24H,5-14H2,1-4H3,(H,23,27). The molecule has 4 unspecified atom stereocenters. The molecule has 9 heteroatoms. The minimum atomic E-state index is -3.51. The second kappa shape index (κ2) is 7.99. The van der Waals surface area contributed by atoms with Crippen molar-refractivity contribution in [1.29, 1.82) is 0 Å². The van der Waals surface area contributed by atoms with E-state index in [0.29, 0.717) is 50.4 Å². The fourth-order valence-electron chi connectivity index (χ4n) is 6.16. The Morgan fingerprint density at radius 3 is 2.52 bits per heavy atom. The summed E-state index contributed by atoms with van der Waals surface area (Å²) in [6.07, 6.45) is 4.44. The zero-order chi connectivity index (χ0) is 22.7. The van der Waals surface area contributed by atoms with E-state index in [4.69, 9.17) is 0 Å². The average molecular weight is 472 g/mol. The second-order valence-electron chi connectivity index (χ2n) is 10.6. The van der Waals surface area contributed by atoms with Gasteiger partial charge < -0.3 is 5.32 Å². The Hall–Kier alpha value is -0.640. The second-order valence-corrected chi connectivity index (χ2v) is 14.0. The molecule has 2 aliphatic carbocycles. The van der Waals surface area contributed by atoms with Gasteiger partial charge in [0.05, 0.1) is 16.7 Å². The number of carbonyl (C=O) groups is 2. The van der Waals surface area contributed by atoms with E-state index in [-0.39, 0.29) is 39.8 Å². The fourth-order valence-corrected chi connectivity index (χ4v) is 9.79. The third kappa shape index (κ3) is 3.87. The topological polar surface area (TPSA) is 95.6 Å². The van der Waals surface area contributed by atoms with Crippen LogP contribution in [0.3, 0.4) is 0 Å². The highest BCUT2D eigenvalue weighted by Crippen LogP contribution is 2.64. The lowest BCUT2D eigenvalue weighted by molar-refractivity contribution is -0.128. The quantitative estimate of drug-likeness (QED) is 0.616. The third-order valence-electron chi connectivity index (χ3n) is 8.77. The molecule has 2 N–H and O–H groups in total. The Morgan fingerprint density at radius 1 is 1.29 bits per heavy atom. The minimum absolute atomic E-state index is 0.0330. The van der Waals surface area contributed by atoms with E-state index in [1.165, 1.54) is 0 Å². The number of hydrogen-bond donors (Lipinski definition) is 2. The predicted molar refractivity (Wildman–Crippen MR) is 123 cm³/mol. The van der Waals surface area contributed by atoms with Crippen molar-refractivity contribution in [2.45, 2.75) is 83.2 Å². The summed E-state index contributed by atoms with van der Waals surface area (Å²) in [7, 11) is -3.51. The molecule has 4 atom stereocenters. The average Bonchev–Trinajstić information content (AvgIpc) is 3.28. The molecular weight excluding hydrogens is 434 g/mol. The van der Waals surface area contributed by atoms with Crippen LogP contribution in [-0.4, -0.2) is 66.0 Å². The summed E-state index contributed by atoms with van der Waals surface area (Å²) < 4.78 is 28.3. The Labute approximate surface area is 190 Å². The molecule has 31 heavy (non-hydrogen) atoms. The maximum Gasteiger partial charge on any atom is 0.238 e. The largest absolute Gasteiger partial charge is 0.352 e. The van der Waals surface area contributed by atoms with Crippen LogP contribution in [0.15, 0.2) is 0 Å². The molecular formula is C22H37N3O4S2. The molecule has 0 aromatic heterocycles. The molecule has 0 aromatic carbocycles. The van der Waals surface area contributed by atoms with Crippen molar-refractivity contribution in [3.63, 3.8) is 0 Å². The number of nitrogens with one attached hydrogen (secondary N) is 2. The normalized spacial score (nSPS) is 35.5. The monoisotopic (exact) mass is 471 g/mol. The van der Waals surface area contributed by atoms with Gasteiger partial charge in [0.1, 0.15) is 5.78 Å². The van der Waals surface area contributed by atoms with Crippen LogP contribution in [0.2, 0.25) is 0 Å². The number of Topliss-reactive ketones (excluding diaryl/α,β-unsaturated/α-hetero) is 1. The number of rotatable bonds is 6. The number of nitrogens with zero attached hydrogens (tertiary/aromatic N) is 1. The van der Waals surface area contributed by atoms with Crippen LogP contribution in [-0.2, 0) is 19.6 Å². The summed E-state index contributed by atoms with van der Waals surface area (Å²) in [5.74, 6) is 1.16. The molecule has 4 aliphatic rings. The lowest BCUT2D eigenvalue weighted by Crippen LogP contribution is -2.56. The fraction of sp³-hybridized carbons (Fsp3) is 0.909. The third-order valence-corrected chi connectivity index (χ3v) is 12.4. The first kappa shape index (κ1) is 23.5. The van der Waals surface area contributed by atoms with Crippen molar-refractivity contribution in [2.75, 3.05) is 24.6 Å². The maximum atomic E-state index is 13.4. The van der Waals surface area contributed by atoms with Gasteiger partial charge >= 0.3 is 0 Å². The van der Waals surface area contributed by atoms with E-state index in [1.54, 1.807) is 16.1 Å². The number of amides is 1. The Bertz CT molecular complexity index is 851. The zero-order valence-corrected chi connectivity index (χ0v) is 20.8. The predicted octanol–water partition coefficient (Wildman–Crippen LogP) is 2.12. The van der Waals surface area contributed by atoms with Crippen molar-refractivity contribution < 1.29 is 18.0 Å². The number of sulfonamides is 1. The van der Waals surface area contributed by atoms with Gasteiger partial charge in [0, 0.05) is 36.7 Å². The number of piperidine rings is 1. The summed E-state index contributed by atoms with van der Waals surface area (Å²) in [5, 5.41) is 6.54. The minimum Gasteiger partial charge on any atom is -0.352 e. The van der Waals surface area contributed by atoms with Crippen LogP contribution in [0.1, 0.15) is 66.2 Å². The first-order valence-corrected chi connectivity index (χ1v) is 14.3. The summed E-state index contributed by atoms with van der Waals surface area (Å²) >= 11 is 1.75. The van der Waals surface area contributed by atoms with Gasteiger partial charge in [-0.05, 0) is 50.4 Å². The Kier molecular flexibility index (Phi) is 6.06. The van der Waals surface area contributed by atoms with Crippen molar-refractivity contribution in [3.05, 3.63) is 0 Å². The van der Waals surface area contributed by atoms with Gasteiger partial charge in [-0.2, -0.15) is 0 Å². The van der Waals surface area contributed by atoms with E-state index in [0.717, 1.165) is 12.8 Å². The van der Waals surface area contributed by atoms with Crippen molar-refractivity contribution in [1.82, 2.24) is 14.9 Å². The lowest BCUT2D eigenvalue weighted by Gasteiger charge is -2.41. The van der Waals surface area contributed by atoms with Gasteiger partial charge in [-0.15, -0.1) is 11.8 Å². The molecule has 4 rings (SSSR count). The van der Waals surface area contributed by atoms with Gasteiger partial charge in [0.2, 0.25) is 15.9 Å². The molecule has 1 amide bonds. The zero-order valence-electron chi connectivity index (χ0n) is 19.2. The van der Waals surface area contributed by atoms with E-state index in [9.17, 15) is 18.0 Å². The maximum absolute atomic E-state index is 13.4. The van der Waals surface area contributed by atoms with Gasteiger partial charge in [-0.3, -0.25) is 14.9 Å². The number of ketones is 1. The molecule has 2 saturated heterocycles. The van der Waals surface area contributed by atoms with Crippen LogP contribution in [0.25, 0.3) is 0 Å². The molecule has 0 aromatic rings. The van der Waals surface area contributed by atoms with Crippen LogP contribution in [0, 0.1) is 16.7 Å². The number of thioether (sulfide) groups is 1. The van der Waals surface area contributed by atoms with Crippen molar-refractivity contribution in [2.24, 2.45) is 16.7 Å². The van der Waals surface area contributed by atoms with Gasteiger partial charge in [-0.1, -0.05) is 20.8 Å². The van der Waals surface area contributed by atoms with Crippen molar-refractivity contribution >= 4 is 33.5 Å². The Balaban J connectivity index is 1.38. The first-order chi connectivity index (χ1) is 14.4. The molecule has 176 valence electrons. The van der Waals surface area contributed by atoms with Crippen molar-refractivity contribution in [3.8, 4) is 0 Å². The summed E-state index contributed by atoms with van der Waals surface area (Å²) in [6, 6.07) is -0.0756. The van der Waals surface area contributed by atoms with Crippen LogP contribution >= 0.6 is 11.8 Å². The molecule has 7 nitrogen and oxygen atoms in total. The first-order valence-electron chi connectivity index (χ1n) is 11.7. The SMILES string of the molecule is CCC(C)NC(=O)C1CSC2(CCN(S(=O)(=O)CC34CCC(CC3=O)C4(C)C)CC2)N1. The molecule has 2 heterocycles. The van der Waals surface area contributed by atoms with Gasteiger partial charge in [0.15, 0.2) is 0 Å². The lowest BCUT2D eigenvalue weighted by atomic mass is 9.70. The molecule has 0 radical (unpaired) electrons. The molecule has 4 fully saturated rings. The van der Waals surface area contributed by atoms with Gasteiger partial charge in [0.25, 0.3) is 0 Å². The van der Waals surface area contributed by atoms with Crippen LogP contribution < -0.4 is 10.6 Å². The molecule has 1 spiro atoms. The van der Waals surface area contributed by atoms with E-state index >= 15 is 0 Å². The smallest absolute Gasteiger partial charge is 0.238 e. The number of fused-ring (bicyclic) bond motifs is 2. The molecule has 2 aliphatic heterocycles. The summed E-state index contributed by atoms with van der Waals surface area (Å²) in [4.78, 5) is 25.1.